The SMILES string of the molecule is CN=C(NCc1cccc(OC)c1OC1CCCC1)NCC1CCN(c2ccccc2)C1.I. The van der Waals surface area contributed by atoms with E-state index in [1.165, 1.54) is 24.9 Å². The Bertz CT molecular complexity index is 887. The van der Waals surface area contributed by atoms with Crippen molar-refractivity contribution in [1.29, 1.82) is 0 Å². The van der Waals surface area contributed by atoms with Gasteiger partial charge in [0.2, 0.25) is 0 Å². The molecule has 1 unspecified atom stereocenters. The molecule has 2 aliphatic rings. The minimum atomic E-state index is 0. The first-order valence-electron chi connectivity index (χ1n) is 11.8. The van der Waals surface area contributed by atoms with Gasteiger partial charge >= 0.3 is 0 Å². The number of halogens is 1. The highest BCUT2D eigenvalue weighted by atomic mass is 127. The largest absolute Gasteiger partial charge is 0.493 e. The molecule has 1 aliphatic heterocycles. The Kier molecular flexibility index (Phi) is 9.96. The molecule has 0 amide bonds. The van der Waals surface area contributed by atoms with Crippen LogP contribution in [0.1, 0.15) is 37.7 Å². The summed E-state index contributed by atoms with van der Waals surface area (Å²) in [5.74, 6) is 3.08. The molecule has 2 fully saturated rings. The van der Waals surface area contributed by atoms with E-state index in [1.807, 2.05) is 19.2 Å². The molecule has 0 aromatic heterocycles. The number of guanidine groups is 1. The van der Waals surface area contributed by atoms with Gasteiger partial charge in [-0.1, -0.05) is 30.3 Å². The van der Waals surface area contributed by atoms with Crippen molar-refractivity contribution in [3.05, 3.63) is 54.1 Å². The van der Waals surface area contributed by atoms with Crippen LogP contribution < -0.4 is 25.0 Å². The Balaban J connectivity index is 0.00000306. The zero-order valence-corrected chi connectivity index (χ0v) is 22.1. The average molecular weight is 565 g/mol. The highest BCUT2D eigenvalue weighted by Gasteiger charge is 2.23. The quantitative estimate of drug-likeness (QED) is 0.274. The third kappa shape index (κ3) is 6.91. The molecule has 4 rings (SSSR count). The van der Waals surface area contributed by atoms with Crippen molar-refractivity contribution in [3.8, 4) is 11.5 Å². The number of nitrogens with one attached hydrogen (secondary N) is 2. The summed E-state index contributed by atoms with van der Waals surface area (Å²) in [6.07, 6.45) is 6.20. The number of para-hydroxylation sites is 2. The molecular formula is C26H37IN4O2. The van der Waals surface area contributed by atoms with Crippen LogP contribution in [0.4, 0.5) is 5.69 Å². The number of aliphatic imine (C=N–C) groups is 1. The average Bonchev–Trinajstić information content (AvgIpc) is 3.53. The third-order valence-corrected chi connectivity index (χ3v) is 6.50. The molecule has 0 radical (unpaired) electrons. The van der Waals surface area contributed by atoms with Gasteiger partial charge in [0.25, 0.3) is 0 Å². The predicted octanol–water partition coefficient (Wildman–Crippen LogP) is 4.83. The molecule has 2 N–H and O–H groups in total. The minimum Gasteiger partial charge on any atom is -0.493 e. The van der Waals surface area contributed by atoms with Gasteiger partial charge in [0.05, 0.1) is 13.2 Å². The molecular weight excluding hydrogens is 527 g/mol. The predicted molar refractivity (Wildman–Crippen MR) is 146 cm³/mol. The van der Waals surface area contributed by atoms with E-state index in [0.717, 1.165) is 55.5 Å². The summed E-state index contributed by atoms with van der Waals surface area (Å²) in [7, 11) is 3.52. The molecule has 1 saturated heterocycles. The minimum absolute atomic E-state index is 0. The number of benzene rings is 2. The van der Waals surface area contributed by atoms with Crippen molar-refractivity contribution >= 4 is 35.6 Å². The fraction of sp³-hybridized carbons (Fsp3) is 0.500. The molecule has 2 aromatic rings. The Hall–Kier alpha value is -2.16. The van der Waals surface area contributed by atoms with Gasteiger partial charge in [0, 0.05) is 44.5 Å². The van der Waals surface area contributed by atoms with Crippen LogP contribution in [0, 0.1) is 5.92 Å². The lowest BCUT2D eigenvalue weighted by molar-refractivity contribution is 0.198. The number of anilines is 1. The van der Waals surface area contributed by atoms with Gasteiger partial charge in [-0.05, 0) is 56.2 Å². The van der Waals surface area contributed by atoms with Crippen molar-refractivity contribution in [2.24, 2.45) is 10.9 Å². The van der Waals surface area contributed by atoms with Crippen molar-refractivity contribution in [1.82, 2.24) is 10.6 Å². The lowest BCUT2D eigenvalue weighted by Crippen LogP contribution is -2.40. The molecule has 0 spiro atoms. The van der Waals surface area contributed by atoms with Crippen molar-refractivity contribution < 1.29 is 9.47 Å². The monoisotopic (exact) mass is 564 g/mol. The number of hydrogen-bond donors (Lipinski definition) is 2. The topological polar surface area (TPSA) is 58.1 Å². The number of rotatable bonds is 8. The van der Waals surface area contributed by atoms with E-state index in [0.29, 0.717) is 12.5 Å². The highest BCUT2D eigenvalue weighted by Crippen LogP contribution is 2.34. The lowest BCUT2D eigenvalue weighted by atomic mass is 10.1. The smallest absolute Gasteiger partial charge is 0.191 e. The van der Waals surface area contributed by atoms with Gasteiger partial charge < -0.3 is 25.0 Å². The summed E-state index contributed by atoms with van der Waals surface area (Å²) in [4.78, 5) is 6.89. The molecule has 33 heavy (non-hydrogen) atoms. The van der Waals surface area contributed by atoms with Crippen LogP contribution in [0.5, 0.6) is 11.5 Å². The Labute approximate surface area is 215 Å². The fourth-order valence-electron chi connectivity index (χ4n) is 4.68. The van der Waals surface area contributed by atoms with Crippen molar-refractivity contribution in [2.45, 2.75) is 44.8 Å². The van der Waals surface area contributed by atoms with Gasteiger partial charge in [-0.2, -0.15) is 0 Å². The highest BCUT2D eigenvalue weighted by molar-refractivity contribution is 14.0. The van der Waals surface area contributed by atoms with Crippen molar-refractivity contribution in [2.75, 3.05) is 38.7 Å². The van der Waals surface area contributed by atoms with E-state index in [9.17, 15) is 0 Å². The van der Waals surface area contributed by atoms with Crippen LogP contribution in [0.15, 0.2) is 53.5 Å². The Morgan fingerprint density at radius 2 is 1.82 bits per heavy atom. The summed E-state index contributed by atoms with van der Waals surface area (Å²) >= 11 is 0. The molecule has 1 atom stereocenters. The van der Waals surface area contributed by atoms with Gasteiger partial charge in [0.1, 0.15) is 0 Å². The Morgan fingerprint density at radius 1 is 1.03 bits per heavy atom. The normalized spacial score (nSPS) is 18.7. The van der Waals surface area contributed by atoms with Gasteiger partial charge in [-0.15, -0.1) is 24.0 Å². The first kappa shape index (κ1) is 25.5. The van der Waals surface area contributed by atoms with Crippen LogP contribution in [0.3, 0.4) is 0 Å². The molecule has 6 nitrogen and oxygen atoms in total. The molecule has 2 aromatic carbocycles. The maximum absolute atomic E-state index is 6.36. The van der Waals surface area contributed by atoms with Crippen LogP contribution in [-0.2, 0) is 6.54 Å². The van der Waals surface area contributed by atoms with E-state index < -0.39 is 0 Å². The van der Waals surface area contributed by atoms with Crippen LogP contribution in [-0.4, -0.2) is 45.9 Å². The van der Waals surface area contributed by atoms with E-state index in [4.69, 9.17) is 9.47 Å². The van der Waals surface area contributed by atoms with Gasteiger partial charge in [0.15, 0.2) is 17.5 Å². The maximum atomic E-state index is 6.36. The molecule has 1 saturated carbocycles. The standard InChI is InChI=1S/C26H36N4O2.HI/c1-27-26(28-17-20-15-16-30(19-20)22-10-4-3-5-11-22)29-18-21-9-8-14-24(31-2)25(21)32-23-12-6-7-13-23;/h3-5,8-11,14,20,23H,6-7,12-13,15-19H2,1-2H3,(H2,27,28,29);1H. The van der Waals surface area contributed by atoms with E-state index in [1.54, 1.807) is 7.11 Å². The first-order valence-corrected chi connectivity index (χ1v) is 11.8. The van der Waals surface area contributed by atoms with Crippen LogP contribution in [0.2, 0.25) is 0 Å². The van der Waals surface area contributed by atoms with E-state index in [-0.39, 0.29) is 30.1 Å². The number of ether oxygens (including phenoxy) is 2. The molecule has 7 heteroatoms. The van der Waals surface area contributed by atoms with Gasteiger partial charge in [-0.25, -0.2) is 0 Å². The first-order chi connectivity index (χ1) is 15.8. The second-order valence-corrected chi connectivity index (χ2v) is 8.72. The second kappa shape index (κ2) is 12.9. The fourth-order valence-corrected chi connectivity index (χ4v) is 4.68. The van der Waals surface area contributed by atoms with E-state index in [2.05, 4.69) is 56.9 Å². The number of methoxy groups -OCH3 is 1. The molecule has 0 bridgehead atoms. The summed E-state index contributed by atoms with van der Waals surface area (Å²) in [5.41, 5.74) is 2.40. The summed E-state index contributed by atoms with van der Waals surface area (Å²) in [6.45, 7) is 3.73. The number of nitrogens with zero attached hydrogens (tertiary/aromatic N) is 2. The molecule has 1 heterocycles. The summed E-state index contributed by atoms with van der Waals surface area (Å²) < 4.78 is 11.9. The van der Waals surface area contributed by atoms with E-state index >= 15 is 0 Å². The third-order valence-electron chi connectivity index (χ3n) is 6.50. The van der Waals surface area contributed by atoms with Crippen LogP contribution >= 0.6 is 24.0 Å². The van der Waals surface area contributed by atoms with Gasteiger partial charge in [-0.3, -0.25) is 4.99 Å². The summed E-state index contributed by atoms with van der Waals surface area (Å²) in [6, 6.07) is 16.8. The lowest BCUT2D eigenvalue weighted by Gasteiger charge is -2.21. The molecule has 180 valence electrons. The summed E-state index contributed by atoms with van der Waals surface area (Å²) in [5, 5.41) is 6.97. The number of hydrogen-bond acceptors (Lipinski definition) is 4. The zero-order valence-electron chi connectivity index (χ0n) is 19.8. The Morgan fingerprint density at radius 3 is 2.55 bits per heavy atom. The zero-order chi connectivity index (χ0) is 22.2. The second-order valence-electron chi connectivity index (χ2n) is 8.72. The maximum Gasteiger partial charge on any atom is 0.191 e. The molecule has 1 aliphatic carbocycles. The van der Waals surface area contributed by atoms with Crippen LogP contribution in [0.25, 0.3) is 0 Å². The van der Waals surface area contributed by atoms with Crippen molar-refractivity contribution in [3.63, 3.8) is 0 Å².